The molecule has 0 amide bonds. The van der Waals surface area contributed by atoms with Gasteiger partial charge >= 0.3 is 5.97 Å². The molecule has 0 fully saturated rings. The molecule has 2 aromatic rings. The number of carbonyl (C=O) groups is 1. The van der Waals surface area contributed by atoms with Gasteiger partial charge in [0.05, 0.1) is 0 Å². The standard InChI is InChI=1S/C13H15N3O3/c1-8-11(13(17)18)12(16-15-8)9-2-4-10(5-3-9)19-7-6-14/h2-5H,6-7,14H2,1H3,(H,15,16)(H,17,18). The number of hydrogen-bond donors (Lipinski definition) is 3. The van der Waals surface area contributed by atoms with Crippen molar-refractivity contribution in [3.8, 4) is 17.0 Å². The number of carboxylic acids is 1. The van der Waals surface area contributed by atoms with Crippen LogP contribution in [0.5, 0.6) is 5.75 Å². The van der Waals surface area contributed by atoms with E-state index in [1.807, 2.05) is 0 Å². The Kier molecular flexibility index (Phi) is 3.82. The molecule has 0 saturated heterocycles. The van der Waals surface area contributed by atoms with Crippen molar-refractivity contribution in [2.24, 2.45) is 5.73 Å². The number of hydrogen-bond acceptors (Lipinski definition) is 4. The Hall–Kier alpha value is -2.34. The summed E-state index contributed by atoms with van der Waals surface area (Å²) < 4.78 is 5.36. The van der Waals surface area contributed by atoms with Gasteiger partial charge in [-0.05, 0) is 31.2 Å². The number of carboxylic acid groups (broad SMARTS) is 1. The van der Waals surface area contributed by atoms with Gasteiger partial charge in [-0.2, -0.15) is 5.10 Å². The quantitative estimate of drug-likeness (QED) is 0.755. The lowest BCUT2D eigenvalue weighted by molar-refractivity contribution is 0.0697. The number of aromatic nitrogens is 2. The van der Waals surface area contributed by atoms with Gasteiger partial charge in [0.15, 0.2) is 0 Å². The van der Waals surface area contributed by atoms with Crippen LogP contribution in [0.3, 0.4) is 0 Å². The number of nitrogens with zero attached hydrogens (tertiary/aromatic N) is 1. The van der Waals surface area contributed by atoms with Crippen LogP contribution in [0.25, 0.3) is 11.3 Å². The van der Waals surface area contributed by atoms with Gasteiger partial charge in [0.1, 0.15) is 23.6 Å². The third kappa shape index (κ3) is 2.74. The molecular formula is C13H15N3O3. The maximum absolute atomic E-state index is 11.2. The number of nitrogens with two attached hydrogens (primary N) is 1. The van der Waals surface area contributed by atoms with E-state index in [9.17, 15) is 4.79 Å². The highest BCUT2D eigenvalue weighted by atomic mass is 16.5. The van der Waals surface area contributed by atoms with Crippen LogP contribution >= 0.6 is 0 Å². The van der Waals surface area contributed by atoms with E-state index in [0.717, 1.165) is 5.56 Å². The SMILES string of the molecule is Cc1[nH]nc(-c2ccc(OCCN)cc2)c1C(=O)O. The maximum Gasteiger partial charge on any atom is 0.339 e. The van der Waals surface area contributed by atoms with Gasteiger partial charge in [0, 0.05) is 17.8 Å². The predicted molar refractivity (Wildman–Crippen MR) is 70.3 cm³/mol. The number of aromatic amines is 1. The fourth-order valence-corrected chi connectivity index (χ4v) is 1.79. The molecule has 0 radical (unpaired) electrons. The van der Waals surface area contributed by atoms with Gasteiger partial charge < -0.3 is 15.6 Å². The van der Waals surface area contributed by atoms with Crippen molar-refractivity contribution < 1.29 is 14.6 Å². The van der Waals surface area contributed by atoms with Gasteiger partial charge in [-0.25, -0.2) is 4.79 Å². The minimum atomic E-state index is -0.996. The van der Waals surface area contributed by atoms with Gasteiger partial charge in [-0.3, -0.25) is 5.10 Å². The van der Waals surface area contributed by atoms with Crippen LogP contribution in [0.4, 0.5) is 0 Å². The van der Waals surface area contributed by atoms with Crippen LogP contribution in [0.2, 0.25) is 0 Å². The average Bonchev–Trinajstić information content (AvgIpc) is 2.79. The van der Waals surface area contributed by atoms with Gasteiger partial charge in [0.25, 0.3) is 0 Å². The molecule has 1 heterocycles. The summed E-state index contributed by atoms with van der Waals surface area (Å²) in [5, 5.41) is 15.9. The van der Waals surface area contributed by atoms with Crippen molar-refractivity contribution in [3.63, 3.8) is 0 Å². The molecule has 1 aromatic carbocycles. The number of aryl methyl sites for hydroxylation is 1. The Morgan fingerprint density at radius 2 is 2.11 bits per heavy atom. The van der Waals surface area contributed by atoms with E-state index in [1.165, 1.54) is 0 Å². The molecule has 19 heavy (non-hydrogen) atoms. The van der Waals surface area contributed by atoms with Crippen LogP contribution in [0, 0.1) is 6.92 Å². The van der Waals surface area contributed by atoms with Crippen molar-refractivity contribution in [1.29, 1.82) is 0 Å². The van der Waals surface area contributed by atoms with Crippen molar-refractivity contribution in [1.82, 2.24) is 10.2 Å². The summed E-state index contributed by atoms with van der Waals surface area (Å²) in [5.41, 5.74) is 7.22. The molecule has 2 rings (SSSR count). The second-order valence-electron chi connectivity index (χ2n) is 4.04. The highest BCUT2D eigenvalue weighted by Crippen LogP contribution is 2.25. The lowest BCUT2D eigenvalue weighted by atomic mass is 10.1. The topological polar surface area (TPSA) is 101 Å². The second kappa shape index (κ2) is 5.53. The lowest BCUT2D eigenvalue weighted by Gasteiger charge is -2.05. The molecule has 0 aliphatic carbocycles. The summed E-state index contributed by atoms with van der Waals surface area (Å²) in [4.78, 5) is 11.2. The summed E-state index contributed by atoms with van der Waals surface area (Å²) in [6, 6.07) is 7.07. The Morgan fingerprint density at radius 1 is 1.42 bits per heavy atom. The second-order valence-corrected chi connectivity index (χ2v) is 4.04. The summed E-state index contributed by atoms with van der Waals surface area (Å²) in [7, 11) is 0. The third-order valence-corrected chi connectivity index (χ3v) is 2.68. The Morgan fingerprint density at radius 3 is 2.68 bits per heavy atom. The van der Waals surface area contributed by atoms with E-state index < -0.39 is 5.97 Å². The van der Waals surface area contributed by atoms with E-state index in [-0.39, 0.29) is 5.56 Å². The highest BCUT2D eigenvalue weighted by molar-refractivity contribution is 5.96. The zero-order chi connectivity index (χ0) is 13.8. The molecule has 1 aromatic heterocycles. The first-order valence-electron chi connectivity index (χ1n) is 5.85. The smallest absolute Gasteiger partial charge is 0.339 e. The number of aromatic carboxylic acids is 1. The minimum absolute atomic E-state index is 0.190. The largest absolute Gasteiger partial charge is 0.492 e. The summed E-state index contributed by atoms with van der Waals surface area (Å²) in [5.74, 6) is -0.303. The summed E-state index contributed by atoms with van der Waals surface area (Å²) >= 11 is 0. The molecule has 6 nitrogen and oxygen atoms in total. The fourth-order valence-electron chi connectivity index (χ4n) is 1.79. The van der Waals surface area contributed by atoms with Gasteiger partial charge in [0.2, 0.25) is 0 Å². The predicted octanol–water partition coefficient (Wildman–Crippen LogP) is 1.42. The number of H-pyrrole nitrogens is 1. The first-order valence-corrected chi connectivity index (χ1v) is 5.85. The molecule has 0 unspecified atom stereocenters. The zero-order valence-electron chi connectivity index (χ0n) is 10.5. The number of nitrogens with one attached hydrogen (secondary N) is 1. The number of ether oxygens (including phenoxy) is 1. The van der Waals surface area contributed by atoms with E-state index in [0.29, 0.717) is 30.3 Å². The normalized spacial score (nSPS) is 10.4. The van der Waals surface area contributed by atoms with Gasteiger partial charge in [-0.15, -0.1) is 0 Å². The monoisotopic (exact) mass is 261 g/mol. The molecule has 0 spiro atoms. The molecule has 0 bridgehead atoms. The van der Waals surface area contributed by atoms with Gasteiger partial charge in [-0.1, -0.05) is 0 Å². The molecule has 6 heteroatoms. The van der Waals surface area contributed by atoms with Crippen molar-refractivity contribution in [2.75, 3.05) is 13.2 Å². The maximum atomic E-state index is 11.2. The van der Waals surface area contributed by atoms with E-state index in [2.05, 4.69) is 10.2 Å². The minimum Gasteiger partial charge on any atom is -0.492 e. The number of benzene rings is 1. The van der Waals surface area contributed by atoms with Crippen LogP contribution in [-0.2, 0) is 0 Å². The van der Waals surface area contributed by atoms with Crippen LogP contribution in [-0.4, -0.2) is 34.4 Å². The highest BCUT2D eigenvalue weighted by Gasteiger charge is 2.18. The first-order chi connectivity index (χ1) is 9.13. The average molecular weight is 261 g/mol. The molecule has 4 N–H and O–H groups in total. The van der Waals surface area contributed by atoms with Crippen molar-refractivity contribution in [3.05, 3.63) is 35.5 Å². The third-order valence-electron chi connectivity index (χ3n) is 2.68. The molecule has 0 saturated carbocycles. The molecular weight excluding hydrogens is 246 g/mol. The number of rotatable bonds is 5. The van der Waals surface area contributed by atoms with Crippen molar-refractivity contribution in [2.45, 2.75) is 6.92 Å². The van der Waals surface area contributed by atoms with Crippen LogP contribution in [0.1, 0.15) is 16.1 Å². The Balaban J connectivity index is 2.30. The van der Waals surface area contributed by atoms with Crippen LogP contribution < -0.4 is 10.5 Å². The molecule has 0 aliphatic heterocycles. The van der Waals surface area contributed by atoms with Crippen LogP contribution in [0.15, 0.2) is 24.3 Å². The van der Waals surface area contributed by atoms with E-state index in [1.54, 1.807) is 31.2 Å². The van der Waals surface area contributed by atoms with E-state index in [4.69, 9.17) is 15.6 Å². The summed E-state index contributed by atoms with van der Waals surface area (Å²) in [6.45, 7) is 2.57. The zero-order valence-corrected chi connectivity index (χ0v) is 10.5. The van der Waals surface area contributed by atoms with E-state index >= 15 is 0 Å². The summed E-state index contributed by atoms with van der Waals surface area (Å²) in [6.07, 6.45) is 0. The molecule has 0 atom stereocenters. The fraction of sp³-hybridized carbons (Fsp3) is 0.231. The molecule has 100 valence electrons. The first kappa shape index (κ1) is 13.1. The Bertz CT molecular complexity index is 575. The molecule has 0 aliphatic rings. The lowest BCUT2D eigenvalue weighted by Crippen LogP contribution is -2.10. The Labute approximate surface area is 110 Å². The van der Waals surface area contributed by atoms with Crippen molar-refractivity contribution >= 4 is 5.97 Å².